The SMILES string of the molecule is CSCC(=O)Nc1ccccc1C(=O)NCc1ccc2c(c1)OCO2. The zero-order valence-electron chi connectivity index (χ0n) is 13.7. The molecule has 6 nitrogen and oxygen atoms in total. The van der Waals surface area contributed by atoms with Crippen molar-refractivity contribution in [2.24, 2.45) is 0 Å². The lowest BCUT2D eigenvalue weighted by atomic mass is 10.1. The van der Waals surface area contributed by atoms with Crippen LogP contribution in [0, 0.1) is 0 Å². The van der Waals surface area contributed by atoms with Gasteiger partial charge < -0.3 is 20.1 Å². The van der Waals surface area contributed by atoms with Crippen molar-refractivity contribution in [2.75, 3.05) is 24.1 Å². The van der Waals surface area contributed by atoms with Gasteiger partial charge in [0.2, 0.25) is 12.7 Å². The molecule has 1 aliphatic heterocycles. The molecule has 1 heterocycles. The van der Waals surface area contributed by atoms with Gasteiger partial charge >= 0.3 is 0 Å². The predicted molar refractivity (Wildman–Crippen MR) is 97.2 cm³/mol. The number of anilines is 1. The second-order valence-corrected chi connectivity index (χ2v) is 6.26. The summed E-state index contributed by atoms with van der Waals surface area (Å²) in [6, 6.07) is 12.5. The number of benzene rings is 2. The highest BCUT2D eigenvalue weighted by atomic mass is 32.2. The smallest absolute Gasteiger partial charge is 0.253 e. The highest BCUT2D eigenvalue weighted by Gasteiger charge is 2.15. The molecule has 2 aromatic rings. The molecule has 7 heteroatoms. The van der Waals surface area contributed by atoms with Crippen molar-refractivity contribution in [3.63, 3.8) is 0 Å². The van der Waals surface area contributed by atoms with Crippen molar-refractivity contribution in [1.29, 1.82) is 0 Å². The number of para-hydroxylation sites is 1. The topological polar surface area (TPSA) is 76.7 Å². The fraction of sp³-hybridized carbons (Fsp3) is 0.222. The van der Waals surface area contributed by atoms with Gasteiger partial charge in [0, 0.05) is 6.54 Å². The van der Waals surface area contributed by atoms with Crippen LogP contribution in [0.3, 0.4) is 0 Å². The van der Waals surface area contributed by atoms with Crippen LogP contribution in [0.15, 0.2) is 42.5 Å². The van der Waals surface area contributed by atoms with Crippen LogP contribution in [-0.4, -0.2) is 30.6 Å². The van der Waals surface area contributed by atoms with Gasteiger partial charge in [0.05, 0.1) is 17.0 Å². The molecule has 25 heavy (non-hydrogen) atoms. The Morgan fingerprint density at radius 2 is 1.92 bits per heavy atom. The van der Waals surface area contributed by atoms with E-state index in [4.69, 9.17) is 9.47 Å². The summed E-state index contributed by atoms with van der Waals surface area (Å²) in [7, 11) is 0. The molecule has 0 saturated carbocycles. The van der Waals surface area contributed by atoms with Crippen molar-refractivity contribution >= 4 is 29.3 Å². The maximum absolute atomic E-state index is 12.5. The van der Waals surface area contributed by atoms with E-state index in [9.17, 15) is 9.59 Å². The molecule has 0 aliphatic carbocycles. The Kier molecular flexibility index (Phi) is 5.45. The van der Waals surface area contributed by atoms with E-state index >= 15 is 0 Å². The highest BCUT2D eigenvalue weighted by Crippen LogP contribution is 2.32. The number of amides is 2. The maximum Gasteiger partial charge on any atom is 0.253 e. The predicted octanol–water partition coefficient (Wildman–Crippen LogP) is 2.65. The Balaban J connectivity index is 1.66. The third-order valence-corrected chi connectivity index (χ3v) is 4.16. The number of hydrogen-bond acceptors (Lipinski definition) is 5. The molecule has 2 aromatic carbocycles. The molecule has 2 amide bonds. The minimum absolute atomic E-state index is 0.136. The average Bonchev–Trinajstić information content (AvgIpc) is 3.08. The Morgan fingerprint density at radius 3 is 2.76 bits per heavy atom. The molecule has 0 atom stereocenters. The monoisotopic (exact) mass is 358 g/mol. The van der Waals surface area contributed by atoms with Gasteiger partial charge in [-0.25, -0.2) is 0 Å². The summed E-state index contributed by atoms with van der Waals surface area (Å²) in [4.78, 5) is 24.3. The van der Waals surface area contributed by atoms with Crippen LogP contribution in [0.4, 0.5) is 5.69 Å². The van der Waals surface area contributed by atoms with Crippen molar-refractivity contribution in [1.82, 2.24) is 5.32 Å². The third-order valence-electron chi connectivity index (χ3n) is 3.61. The Labute approximate surface area is 149 Å². The van der Waals surface area contributed by atoms with Gasteiger partial charge in [0.1, 0.15) is 0 Å². The standard InChI is InChI=1S/C18H18N2O4S/c1-25-10-17(21)20-14-5-3-2-4-13(14)18(22)19-9-12-6-7-15-16(8-12)24-11-23-15/h2-8H,9-11H2,1H3,(H,19,22)(H,20,21). The van der Waals surface area contributed by atoms with Gasteiger partial charge in [-0.3, -0.25) is 9.59 Å². The van der Waals surface area contributed by atoms with E-state index in [2.05, 4.69) is 10.6 Å². The van der Waals surface area contributed by atoms with E-state index < -0.39 is 0 Å². The molecule has 0 saturated heterocycles. The normalized spacial score (nSPS) is 11.9. The van der Waals surface area contributed by atoms with E-state index in [1.54, 1.807) is 24.3 Å². The summed E-state index contributed by atoms with van der Waals surface area (Å²) >= 11 is 1.43. The zero-order valence-corrected chi connectivity index (χ0v) is 14.5. The van der Waals surface area contributed by atoms with Crippen LogP contribution < -0.4 is 20.1 Å². The van der Waals surface area contributed by atoms with Gasteiger partial charge in [-0.1, -0.05) is 18.2 Å². The summed E-state index contributed by atoms with van der Waals surface area (Å²) in [5.74, 6) is 1.34. The third kappa shape index (κ3) is 4.24. The molecule has 3 rings (SSSR count). The number of nitrogens with one attached hydrogen (secondary N) is 2. The molecule has 0 fully saturated rings. The molecule has 0 spiro atoms. The summed E-state index contributed by atoms with van der Waals surface area (Å²) < 4.78 is 10.6. The van der Waals surface area contributed by atoms with Crippen LogP contribution in [0.25, 0.3) is 0 Å². The summed E-state index contributed by atoms with van der Waals surface area (Å²) in [5.41, 5.74) is 1.84. The van der Waals surface area contributed by atoms with E-state index in [1.807, 2.05) is 24.5 Å². The number of rotatable bonds is 6. The first-order valence-electron chi connectivity index (χ1n) is 7.72. The number of carbonyl (C=O) groups is 2. The average molecular weight is 358 g/mol. The molecule has 0 aromatic heterocycles. The molecule has 0 radical (unpaired) electrons. The van der Waals surface area contributed by atoms with Gasteiger partial charge in [-0.2, -0.15) is 11.8 Å². The van der Waals surface area contributed by atoms with Crippen LogP contribution in [0.1, 0.15) is 15.9 Å². The highest BCUT2D eigenvalue weighted by molar-refractivity contribution is 7.99. The first-order valence-corrected chi connectivity index (χ1v) is 9.11. The lowest BCUT2D eigenvalue weighted by Crippen LogP contribution is -2.25. The lowest BCUT2D eigenvalue weighted by Gasteiger charge is -2.11. The van der Waals surface area contributed by atoms with Crippen molar-refractivity contribution in [2.45, 2.75) is 6.54 Å². The van der Waals surface area contributed by atoms with E-state index in [-0.39, 0.29) is 18.6 Å². The second-order valence-electron chi connectivity index (χ2n) is 5.40. The zero-order chi connectivity index (χ0) is 17.6. The molecular weight excluding hydrogens is 340 g/mol. The molecule has 2 N–H and O–H groups in total. The van der Waals surface area contributed by atoms with Crippen LogP contribution in [-0.2, 0) is 11.3 Å². The molecule has 130 valence electrons. The van der Waals surface area contributed by atoms with E-state index in [1.165, 1.54) is 11.8 Å². The lowest BCUT2D eigenvalue weighted by molar-refractivity contribution is -0.113. The molecule has 0 unspecified atom stereocenters. The maximum atomic E-state index is 12.5. The van der Waals surface area contributed by atoms with Gasteiger partial charge in [0.15, 0.2) is 11.5 Å². The van der Waals surface area contributed by atoms with Crippen LogP contribution in [0.5, 0.6) is 11.5 Å². The number of fused-ring (bicyclic) bond motifs is 1. The quantitative estimate of drug-likeness (QED) is 0.830. The van der Waals surface area contributed by atoms with Gasteiger partial charge in [-0.15, -0.1) is 0 Å². The molecular formula is C18H18N2O4S. The summed E-state index contributed by atoms with van der Waals surface area (Å²) in [6.07, 6.45) is 1.85. The number of thioether (sulfide) groups is 1. The minimum atomic E-state index is -0.252. The Morgan fingerprint density at radius 1 is 1.12 bits per heavy atom. The van der Waals surface area contributed by atoms with E-state index in [0.29, 0.717) is 35.0 Å². The fourth-order valence-corrected chi connectivity index (χ4v) is 2.77. The molecule has 1 aliphatic rings. The van der Waals surface area contributed by atoms with Gasteiger partial charge in [-0.05, 0) is 36.1 Å². The largest absolute Gasteiger partial charge is 0.454 e. The fourth-order valence-electron chi connectivity index (χ4n) is 2.44. The van der Waals surface area contributed by atoms with Crippen LogP contribution >= 0.6 is 11.8 Å². The number of carbonyl (C=O) groups excluding carboxylic acids is 2. The van der Waals surface area contributed by atoms with Crippen LogP contribution in [0.2, 0.25) is 0 Å². The van der Waals surface area contributed by atoms with Crippen molar-refractivity contribution < 1.29 is 19.1 Å². The first kappa shape index (κ1) is 17.2. The van der Waals surface area contributed by atoms with E-state index in [0.717, 1.165) is 5.56 Å². The first-order chi connectivity index (χ1) is 12.2. The summed E-state index contributed by atoms with van der Waals surface area (Å²) in [5, 5.41) is 5.63. The number of ether oxygens (including phenoxy) is 2. The Bertz CT molecular complexity index is 794. The van der Waals surface area contributed by atoms with Crippen molar-refractivity contribution in [3.8, 4) is 11.5 Å². The second kappa shape index (κ2) is 7.94. The number of hydrogen-bond donors (Lipinski definition) is 2. The minimum Gasteiger partial charge on any atom is -0.454 e. The summed E-state index contributed by atoms with van der Waals surface area (Å²) in [6.45, 7) is 0.566. The van der Waals surface area contributed by atoms with Gasteiger partial charge in [0.25, 0.3) is 5.91 Å². The Hall–Kier alpha value is -2.67. The molecule has 0 bridgehead atoms. The van der Waals surface area contributed by atoms with Crippen molar-refractivity contribution in [3.05, 3.63) is 53.6 Å².